The molecule has 6 aromatic rings. The van der Waals surface area contributed by atoms with E-state index < -0.39 is 25.7 Å². The first kappa shape index (κ1) is 37.6. The molecule has 270 valence electrons. The van der Waals surface area contributed by atoms with Crippen LogP contribution < -0.4 is 14.5 Å². The minimum atomic E-state index is -2.49. The van der Waals surface area contributed by atoms with Crippen molar-refractivity contribution in [1.82, 2.24) is 9.55 Å². The zero-order valence-corrected chi connectivity index (χ0v) is 33.5. The van der Waals surface area contributed by atoms with Crippen LogP contribution in [0.15, 0.2) is 138 Å². The highest BCUT2D eigenvalue weighted by atomic mass is 79.9. The summed E-state index contributed by atoms with van der Waals surface area (Å²) in [5.41, 5.74) is 3.52. The fourth-order valence-electron chi connectivity index (χ4n) is 6.44. The van der Waals surface area contributed by atoms with Gasteiger partial charge >= 0.3 is 0 Å². The van der Waals surface area contributed by atoms with E-state index in [1.807, 2.05) is 79.9 Å². The van der Waals surface area contributed by atoms with Crippen LogP contribution in [0.2, 0.25) is 18.1 Å². The maximum absolute atomic E-state index is 17.5. The molecule has 0 aliphatic heterocycles. The number of nitrogens with zero attached hydrogens (tertiary/aromatic N) is 3. The Morgan fingerprint density at radius 2 is 1.38 bits per heavy atom. The van der Waals surface area contributed by atoms with Crippen molar-refractivity contribution in [3.63, 3.8) is 0 Å². The summed E-state index contributed by atoms with van der Waals surface area (Å²) >= 11 is 3.74. The second kappa shape index (κ2) is 15.4. The first-order valence-corrected chi connectivity index (χ1v) is 21.4. The molecule has 9 heteroatoms. The molecule has 1 atom stereocenters. The van der Waals surface area contributed by atoms with Gasteiger partial charge in [0.1, 0.15) is 33.5 Å². The number of rotatable bonds is 12. The third-order valence-corrected chi connectivity index (χ3v) is 14.8. The second-order valence-electron chi connectivity index (χ2n) is 14.5. The summed E-state index contributed by atoms with van der Waals surface area (Å²) in [5.74, 6) is 0.659. The van der Waals surface area contributed by atoms with E-state index in [4.69, 9.17) is 14.1 Å². The van der Waals surface area contributed by atoms with Gasteiger partial charge in [-0.3, -0.25) is 0 Å². The number of hydrogen-bond donors (Lipinski definition) is 1. The summed E-state index contributed by atoms with van der Waals surface area (Å²) in [5, 5.41) is 13.0. The number of imidazole rings is 1. The average molecular weight is 788 g/mol. The van der Waals surface area contributed by atoms with Crippen molar-refractivity contribution >= 4 is 29.9 Å². The SMILES string of the molecule is CCOc1cc(O[Si](C)(C)C(C)(C)C)c(F)c(C(Nc2ccc(C#N)cc2)c2nc(Br)cn2C(c2ccccc2)(c2ccccc2)c2ccccc2)c1. The summed E-state index contributed by atoms with van der Waals surface area (Å²) in [4.78, 5) is 5.15. The Balaban J connectivity index is 1.70. The van der Waals surface area contributed by atoms with Crippen LogP contribution in [0.3, 0.4) is 0 Å². The van der Waals surface area contributed by atoms with Gasteiger partial charge in [-0.2, -0.15) is 5.26 Å². The predicted molar refractivity (Wildman–Crippen MR) is 217 cm³/mol. The predicted octanol–water partition coefficient (Wildman–Crippen LogP) is 11.5. The lowest BCUT2D eigenvalue weighted by atomic mass is 9.76. The molecule has 1 aromatic heterocycles. The molecular formula is C44H44BrFN4O2Si. The normalized spacial score (nSPS) is 12.5. The summed E-state index contributed by atoms with van der Waals surface area (Å²) < 4.78 is 33.0. The van der Waals surface area contributed by atoms with Gasteiger partial charge < -0.3 is 19.0 Å². The number of benzene rings is 5. The number of ether oxygens (including phenoxy) is 1. The molecule has 0 radical (unpaired) electrons. The maximum atomic E-state index is 17.5. The lowest BCUT2D eigenvalue weighted by Crippen LogP contribution is -2.44. The number of anilines is 1. The average Bonchev–Trinajstić information content (AvgIpc) is 3.54. The highest BCUT2D eigenvalue weighted by Gasteiger charge is 2.43. The minimum Gasteiger partial charge on any atom is -0.541 e. The van der Waals surface area contributed by atoms with Gasteiger partial charge in [-0.15, -0.1) is 0 Å². The molecule has 0 aliphatic rings. The number of hydrogen-bond acceptors (Lipinski definition) is 5. The molecule has 0 aliphatic carbocycles. The summed E-state index contributed by atoms with van der Waals surface area (Å²) in [7, 11) is -2.49. The highest BCUT2D eigenvalue weighted by molar-refractivity contribution is 9.10. The van der Waals surface area contributed by atoms with E-state index in [1.165, 1.54) is 0 Å². The number of aromatic nitrogens is 2. The standard InChI is InChI=1S/C44H44BrFN4O2Si/c1-7-51-36-27-37(40(46)38(28-36)52-53(5,6)43(2,3)4)41(48-35-25-23-31(29-47)24-26-35)42-49-39(45)30-50(42)44(32-17-11-8-12-18-32,33-19-13-9-14-20-33)34-21-15-10-16-22-34/h8-28,30,41,48H,7H2,1-6H3. The van der Waals surface area contributed by atoms with Crippen molar-refractivity contribution < 1.29 is 13.6 Å². The van der Waals surface area contributed by atoms with Gasteiger partial charge in [0.25, 0.3) is 8.32 Å². The first-order valence-electron chi connectivity index (χ1n) is 17.7. The van der Waals surface area contributed by atoms with Crippen LogP contribution in [0, 0.1) is 17.1 Å². The molecule has 53 heavy (non-hydrogen) atoms. The monoisotopic (exact) mass is 786 g/mol. The molecule has 0 saturated heterocycles. The van der Waals surface area contributed by atoms with Gasteiger partial charge in [0.15, 0.2) is 5.82 Å². The van der Waals surface area contributed by atoms with E-state index in [1.54, 1.807) is 24.3 Å². The fraction of sp³-hybridized carbons (Fsp3) is 0.227. The molecule has 1 unspecified atom stereocenters. The van der Waals surface area contributed by atoms with Crippen LogP contribution in [0.25, 0.3) is 0 Å². The van der Waals surface area contributed by atoms with E-state index in [-0.39, 0.29) is 10.8 Å². The zero-order chi connectivity index (χ0) is 37.8. The fourth-order valence-corrected chi connectivity index (χ4v) is 7.83. The van der Waals surface area contributed by atoms with Crippen molar-refractivity contribution in [2.45, 2.75) is 57.4 Å². The van der Waals surface area contributed by atoms with Gasteiger partial charge in [-0.25, -0.2) is 9.37 Å². The third kappa shape index (κ3) is 7.52. The largest absolute Gasteiger partial charge is 0.541 e. The molecule has 0 fully saturated rings. The first-order chi connectivity index (χ1) is 25.4. The van der Waals surface area contributed by atoms with E-state index in [9.17, 15) is 5.26 Å². The van der Waals surface area contributed by atoms with Crippen LogP contribution in [0.4, 0.5) is 10.1 Å². The lowest BCUT2D eigenvalue weighted by molar-refractivity contribution is 0.336. The molecule has 6 nitrogen and oxygen atoms in total. The molecule has 0 spiro atoms. The zero-order valence-electron chi connectivity index (χ0n) is 30.9. The van der Waals surface area contributed by atoms with Crippen LogP contribution in [0.1, 0.15) is 67.4 Å². The molecule has 1 heterocycles. The van der Waals surface area contributed by atoms with Gasteiger partial charge in [0.2, 0.25) is 0 Å². The van der Waals surface area contributed by atoms with Crippen LogP contribution in [-0.4, -0.2) is 24.5 Å². The quantitative estimate of drug-likeness (QED) is 0.0988. The summed E-state index contributed by atoms with van der Waals surface area (Å²) in [6, 6.07) is 42.7. The van der Waals surface area contributed by atoms with Crippen LogP contribution >= 0.6 is 15.9 Å². The van der Waals surface area contributed by atoms with Gasteiger partial charge in [-0.05, 0) is 88.0 Å². The van der Waals surface area contributed by atoms with Gasteiger partial charge in [0.05, 0.1) is 18.2 Å². The smallest absolute Gasteiger partial charge is 0.250 e. The van der Waals surface area contributed by atoms with Crippen molar-refractivity contribution in [3.8, 4) is 17.6 Å². The Hall–Kier alpha value is -5.17. The van der Waals surface area contributed by atoms with Crippen molar-refractivity contribution in [1.29, 1.82) is 5.26 Å². The van der Waals surface area contributed by atoms with E-state index >= 15 is 4.39 Å². The molecule has 6 rings (SSSR count). The minimum absolute atomic E-state index is 0.141. The van der Waals surface area contributed by atoms with Gasteiger partial charge in [0, 0.05) is 23.5 Å². The van der Waals surface area contributed by atoms with Crippen molar-refractivity contribution in [2.75, 3.05) is 11.9 Å². The molecular weight excluding hydrogens is 743 g/mol. The Morgan fingerprint density at radius 1 is 0.849 bits per heavy atom. The number of nitriles is 1. The van der Waals surface area contributed by atoms with E-state index in [0.717, 1.165) is 16.7 Å². The van der Waals surface area contributed by atoms with Crippen LogP contribution in [-0.2, 0) is 5.54 Å². The van der Waals surface area contributed by atoms with E-state index in [2.05, 4.69) is 102 Å². The molecule has 0 saturated carbocycles. The molecule has 0 bridgehead atoms. The number of nitrogens with one attached hydrogen (secondary N) is 1. The second-order valence-corrected chi connectivity index (χ2v) is 20.0. The summed E-state index contributed by atoms with van der Waals surface area (Å²) in [6.07, 6.45) is 1.97. The summed E-state index contributed by atoms with van der Waals surface area (Å²) in [6.45, 7) is 12.9. The van der Waals surface area contributed by atoms with E-state index in [0.29, 0.717) is 39.6 Å². The highest BCUT2D eigenvalue weighted by Crippen LogP contribution is 2.46. The van der Waals surface area contributed by atoms with Crippen molar-refractivity contribution in [3.05, 3.63) is 178 Å². The lowest BCUT2D eigenvalue weighted by Gasteiger charge is -2.40. The Morgan fingerprint density at radius 3 is 1.85 bits per heavy atom. The van der Waals surface area contributed by atoms with Crippen molar-refractivity contribution in [2.24, 2.45) is 0 Å². The molecule has 5 aromatic carbocycles. The molecule has 1 N–H and O–H groups in total. The Kier molecular flexibility index (Phi) is 10.9. The van der Waals surface area contributed by atoms with Gasteiger partial charge in [-0.1, -0.05) is 112 Å². The third-order valence-electron chi connectivity index (χ3n) is 10.1. The number of halogens is 2. The maximum Gasteiger partial charge on any atom is 0.250 e. The topological polar surface area (TPSA) is 72.1 Å². The van der Waals surface area contributed by atoms with Crippen LogP contribution in [0.5, 0.6) is 11.5 Å². The Bertz CT molecular complexity index is 2100. The molecule has 0 amide bonds. The Labute approximate surface area is 321 Å².